The molecule has 1 aromatic carbocycles. The summed E-state index contributed by atoms with van der Waals surface area (Å²) < 4.78 is 16.5. The van der Waals surface area contributed by atoms with Crippen LogP contribution in [-0.4, -0.2) is 22.7 Å². The molecule has 3 heteroatoms. The third kappa shape index (κ3) is 2.94. The first-order chi connectivity index (χ1) is 6.34. The molecule has 1 heterocycles. The van der Waals surface area contributed by atoms with Gasteiger partial charge >= 0.3 is 0 Å². The molecule has 0 N–H and O–H groups in total. The number of benzene rings is 1. The summed E-state index contributed by atoms with van der Waals surface area (Å²) in [5.74, 6) is 1.34. The molecule has 2 nitrogen and oxygen atoms in total. The Bertz CT molecular complexity index is 293. The fourth-order valence-electron chi connectivity index (χ4n) is 1.19. The van der Waals surface area contributed by atoms with Crippen LogP contribution in [0.15, 0.2) is 30.3 Å². The molecule has 13 heavy (non-hydrogen) atoms. The van der Waals surface area contributed by atoms with E-state index in [1.54, 1.807) is 0 Å². The van der Waals surface area contributed by atoms with E-state index in [-0.39, 0.29) is 6.10 Å². The van der Waals surface area contributed by atoms with Crippen LogP contribution in [0, 0.1) is 0 Å². The molecule has 1 aliphatic heterocycles. The molecular formula is C10H12O2S. The maximum atomic E-state index is 11.5. The van der Waals surface area contributed by atoms with E-state index < -0.39 is 10.8 Å². The Hall–Kier alpha value is -0.670. The largest absolute Gasteiger partial charge is 0.372 e. The van der Waals surface area contributed by atoms with Crippen molar-refractivity contribution in [3.8, 4) is 0 Å². The van der Waals surface area contributed by atoms with Crippen LogP contribution in [0.1, 0.15) is 5.56 Å². The van der Waals surface area contributed by atoms with Crippen molar-refractivity contribution in [3.05, 3.63) is 35.9 Å². The third-order valence-electron chi connectivity index (χ3n) is 1.94. The summed E-state index contributed by atoms with van der Waals surface area (Å²) in [6.45, 7) is 0.792. The quantitative estimate of drug-likeness (QED) is 0.680. The molecule has 0 aliphatic carbocycles. The second-order valence-corrected chi connectivity index (χ2v) is 4.69. The van der Waals surface area contributed by atoms with E-state index in [1.807, 2.05) is 30.3 Å². The molecule has 0 bridgehead atoms. The highest BCUT2D eigenvalue weighted by Crippen LogP contribution is 2.12. The SMILES string of the molecule is O=S(Cc1ccccc1)CC1CO1. The number of epoxide rings is 1. The van der Waals surface area contributed by atoms with E-state index in [0.717, 1.165) is 12.2 Å². The minimum Gasteiger partial charge on any atom is -0.372 e. The van der Waals surface area contributed by atoms with Gasteiger partial charge in [-0.25, -0.2) is 0 Å². The minimum atomic E-state index is -0.764. The molecule has 0 saturated carbocycles. The molecule has 2 unspecified atom stereocenters. The summed E-state index contributed by atoms with van der Waals surface area (Å²) in [6.07, 6.45) is 0.268. The Morgan fingerprint density at radius 1 is 1.38 bits per heavy atom. The van der Waals surface area contributed by atoms with Crippen LogP contribution in [0.2, 0.25) is 0 Å². The summed E-state index contributed by atoms with van der Waals surface area (Å²) in [5.41, 5.74) is 1.14. The highest BCUT2D eigenvalue weighted by atomic mass is 32.2. The monoisotopic (exact) mass is 196 g/mol. The molecule has 1 aliphatic rings. The molecular weight excluding hydrogens is 184 g/mol. The van der Waals surface area contributed by atoms with Gasteiger partial charge in [0.2, 0.25) is 0 Å². The average Bonchev–Trinajstić information content (AvgIpc) is 2.90. The van der Waals surface area contributed by atoms with Gasteiger partial charge in [0, 0.05) is 16.6 Å². The Balaban J connectivity index is 1.86. The lowest BCUT2D eigenvalue weighted by Gasteiger charge is -1.99. The van der Waals surface area contributed by atoms with E-state index >= 15 is 0 Å². The lowest BCUT2D eigenvalue weighted by molar-refractivity contribution is 0.424. The maximum Gasteiger partial charge on any atom is 0.0924 e. The van der Waals surface area contributed by atoms with Crippen molar-refractivity contribution < 1.29 is 8.95 Å². The Morgan fingerprint density at radius 2 is 2.08 bits per heavy atom. The summed E-state index contributed by atoms with van der Waals surface area (Å²) in [5, 5.41) is 0. The van der Waals surface area contributed by atoms with Crippen LogP contribution in [-0.2, 0) is 21.3 Å². The molecule has 0 radical (unpaired) electrons. The topological polar surface area (TPSA) is 29.6 Å². The van der Waals surface area contributed by atoms with Gasteiger partial charge in [-0.3, -0.25) is 4.21 Å². The van der Waals surface area contributed by atoms with Crippen molar-refractivity contribution in [3.63, 3.8) is 0 Å². The van der Waals surface area contributed by atoms with Crippen molar-refractivity contribution in [2.24, 2.45) is 0 Å². The van der Waals surface area contributed by atoms with Crippen molar-refractivity contribution in [2.75, 3.05) is 12.4 Å². The van der Waals surface area contributed by atoms with Gasteiger partial charge in [-0.15, -0.1) is 0 Å². The van der Waals surface area contributed by atoms with Crippen molar-refractivity contribution >= 4 is 10.8 Å². The van der Waals surface area contributed by atoms with Gasteiger partial charge in [0.1, 0.15) is 0 Å². The second kappa shape index (κ2) is 4.03. The lowest BCUT2D eigenvalue weighted by atomic mass is 10.2. The molecule has 2 atom stereocenters. The first-order valence-corrected chi connectivity index (χ1v) is 5.84. The highest BCUT2D eigenvalue weighted by Gasteiger charge is 2.24. The molecule has 0 aromatic heterocycles. The summed E-state index contributed by atoms with van der Waals surface area (Å²) in [4.78, 5) is 0. The van der Waals surface area contributed by atoms with Crippen molar-refractivity contribution in [1.29, 1.82) is 0 Å². The van der Waals surface area contributed by atoms with Gasteiger partial charge in [-0.05, 0) is 5.56 Å². The van der Waals surface area contributed by atoms with Gasteiger partial charge in [-0.2, -0.15) is 0 Å². The summed E-state index contributed by atoms with van der Waals surface area (Å²) in [7, 11) is -0.764. The summed E-state index contributed by atoms with van der Waals surface area (Å²) in [6, 6.07) is 9.92. The van der Waals surface area contributed by atoms with Gasteiger partial charge in [0.15, 0.2) is 0 Å². The zero-order chi connectivity index (χ0) is 9.10. The smallest absolute Gasteiger partial charge is 0.0924 e. The fraction of sp³-hybridized carbons (Fsp3) is 0.400. The molecule has 1 aromatic rings. The number of rotatable bonds is 4. The Labute approximate surface area is 80.4 Å². The van der Waals surface area contributed by atoms with Crippen molar-refractivity contribution in [2.45, 2.75) is 11.9 Å². The Kier molecular flexibility index (Phi) is 2.76. The van der Waals surface area contributed by atoms with Gasteiger partial charge < -0.3 is 4.74 Å². The molecule has 2 rings (SSSR count). The highest BCUT2D eigenvalue weighted by molar-refractivity contribution is 7.84. The van der Waals surface area contributed by atoms with E-state index in [2.05, 4.69) is 0 Å². The molecule has 0 amide bonds. The van der Waals surface area contributed by atoms with Gasteiger partial charge in [-0.1, -0.05) is 30.3 Å². The lowest BCUT2D eigenvalue weighted by Crippen LogP contribution is -2.06. The molecule has 0 spiro atoms. The van der Waals surface area contributed by atoms with Gasteiger partial charge in [0.25, 0.3) is 0 Å². The second-order valence-electron chi connectivity index (χ2n) is 3.19. The summed E-state index contributed by atoms with van der Waals surface area (Å²) >= 11 is 0. The van der Waals surface area contributed by atoms with Crippen LogP contribution in [0.4, 0.5) is 0 Å². The number of ether oxygens (including phenoxy) is 1. The van der Waals surface area contributed by atoms with Crippen LogP contribution in [0.3, 0.4) is 0 Å². The third-order valence-corrected chi connectivity index (χ3v) is 3.34. The average molecular weight is 196 g/mol. The van der Waals surface area contributed by atoms with Crippen LogP contribution >= 0.6 is 0 Å². The predicted octanol–water partition coefficient (Wildman–Crippen LogP) is 1.33. The first-order valence-electron chi connectivity index (χ1n) is 4.35. The maximum absolute atomic E-state index is 11.5. The van der Waals surface area contributed by atoms with Crippen LogP contribution in [0.25, 0.3) is 0 Å². The fourth-order valence-corrected chi connectivity index (χ4v) is 2.48. The Morgan fingerprint density at radius 3 is 2.69 bits per heavy atom. The van der Waals surface area contributed by atoms with E-state index in [1.165, 1.54) is 0 Å². The van der Waals surface area contributed by atoms with Crippen molar-refractivity contribution in [1.82, 2.24) is 0 Å². The molecule has 1 fully saturated rings. The normalized spacial score (nSPS) is 22.6. The standard InChI is InChI=1S/C10H12O2S/c11-13(8-10-6-12-10)7-9-4-2-1-3-5-9/h1-5,10H,6-8H2. The van der Waals surface area contributed by atoms with E-state index in [4.69, 9.17) is 4.74 Å². The molecule has 1 saturated heterocycles. The molecule has 70 valence electrons. The van der Waals surface area contributed by atoms with Crippen LogP contribution in [0.5, 0.6) is 0 Å². The zero-order valence-electron chi connectivity index (χ0n) is 7.31. The van der Waals surface area contributed by atoms with E-state index in [0.29, 0.717) is 11.5 Å². The number of hydrogen-bond donors (Lipinski definition) is 0. The van der Waals surface area contributed by atoms with E-state index in [9.17, 15) is 4.21 Å². The predicted molar refractivity (Wildman–Crippen MR) is 52.9 cm³/mol. The number of hydrogen-bond acceptors (Lipinski definition) is 2. The van der Waals surface area contributed by atoms with Gasteiger partial charge in [0.05, 0.1) is 18.5 Å². The first kappa shape index (κ1) is 8.91. The minimum absolute atomic E-state index is 0.268. The zero-order valence-corrected chi connectivity index (χ0v) is 8.13. The van der Waals surface area contributed by atoms with Crippen LogP contribution < -0.4 is 0 Å².